The fourth-order valence-electron chi connectivity index (χ4n) is 2.65. The molecule has 0 aliphatic rings. The van der Waals surface area contributed by atoms with E-state index in [0.717, 1.165) is 16.5 Å². The number of methoxy groups -OCH3 is 1. The van der Waals surface area contributed by atoms with Crippen LogP contribution < -0.4 is 0 Å². The van der Waals surface area contributed by atoms with E-state index in [-0.39, 0.29) is 11.5 Å². The largest absolute Gasteiger partial charge is 0.508 e. The zero-order valence-corrected chi connectivity index (χ0v) is 13.6. The topological polar surface area (TPSA) is 94.9 Å². The van der Waals surface area contributed by atoms with Crippen molar-refractivity contribution in [3.63, 3.8) is 0 Å². The molecule has 0 radical (unpaired) electrons. The van der Waals surface area contributed by atoms with Crippen LogP contribution in [0.5, 0.6) is 11.5 Å². The second-order valence-electron chi connectivity index (χ2n) is 5.62. The van der Waals surface area contributed by atoms with Crippen molar-refractivity contribution in [1.82, 2.24) is 4.98 Å². The second kappa shape index (κ2) is 7.09. The smallest absolute Gasteiger partial charge is 0.330 e. The zero-order chi connectivity index (χ0) is 17.8. The van der Waals surface area contributed by atoms with Crippen molar-refractivity contribution in [2.75, 3.05) is 7.11 Å². The van der Waals surface area contributed by atoms with Gasteiger partial charge in [-0.1, -0.05) is 18.2 Å². The van der Waals surface area contributed by atoms with Gasteiger partial charge in [-0.15, -0.1) is 0 Å². The number of carbonyl (C=O) groups excluding carboxylic acids is 1. The summed E-state index contributed by atoms with van der Waals surface area (Å²) in [7, 11) is 1.32. The first-order valence-electron chi connectivity index (χ1n) is 7.76. The first-order chi connectivity index (χ1) is 12.1. The van der Waals surface area contributed by atoms with Crippen molar-refractivity contribution < 1.29 is 19.7 Å². The van der Waals surface area contributed by atoms with E-state index in [1.54, 1.807) is 0 Å². The maximum absolute atomic E-state index is 12.1. The molecule has 0 unspecified atom stereocenters. The van der Waals surface area contributed by atoms with Crippen LogP contribution in [0.3, 0.4) is 0 Å². The number of hydrogen-bond donors (Lipinski definition) is 3. The number of nitrogens with zero attached hydrogens (tertiary/aromatic N) is 1. The summed E-state index contributed by atoms with van der Waals surface area (Å²) in [5.74, 6) is -0.614. The minimum Gasteiger partial charge on any atom is -0.508 e. The number of aromatic amines is 1. The number of rotatable bonds is 5. The number of fused-ring (bicyclic) bond motifs is 1. The number of hydrogen-bond acceptors (Lipinski definition) is 5. The molecule has 6 nitrogen and oxygen atoms in total. The monoisotopic (exact) mass is 338 g/mol. The molecule has 2 aromatic carbocycles. The molecule has 1 heterocycles. The molecule has 128 valence electrons. The van der Waals surface area contributed by atoms with Gasteiger partial charge in [-0.3, -0.25) is 4.99 Å². The predicted octanol–water partition coefficient (Wildman–Crippen LogP) is 2.78. The van der Waals surface area contributed by atoms with Crippen molar-refractivity contribution in [3.8, 4) is 11.5 Å². The predicted molar refractivity (Wildman–Crippen MR) is 95.2 cm³/mol. The lowest BCUT2D eigenvalue weighted by atomic mass is 10.1. The van der Waals surface area contributed by atoms with Gasteiger partial charge in [0, 0.05) is 41.4 Å². The Morgan fingerprint density at radius 3 is 2.84 bits per heavy atom. The molecule has 0 saturated carbocycles. The quantitative estimate of drug-likeness (QED) is 0.492. The molecule has 0 bridgehead atoms. The van der Waals surface area contributed by atoms with Crippen LogP contribution in [-0.4, -0.2) is 40.5 Å². The molecule has 3 aromatic rings. The zero-order valence-electron chi connectivity index (χ0n) is 13.6. The lowest BCUT2D eigenvalue weighted by Gasteiger charge is -2.10. The summed E-state index contributed by atoms with van der Waals surface area (Å²) in [4.78, 5) is 19.5. The fourth-order valence-corrected chi connectivity index (χ4v) is 2.65. The van der Waals surface area contributed by atoms with Crippen LogP contribution >= 0.6 is 0 Å². The average molecular weight is 338 g/mol. The number of benzene rings is 2. The van der Waals surface area contributed by atoms with E-state index in [9.17, 15) is 15.0 Å². The van der Waals surface area contributed by atoms with Gasteiger partial charge in [-0.25, -0.2) is 4.79 Å². The SMILES string of the molecule is COC(=O)[C@H](Cc1c[nH]c2ccccc12)N=Cc1ccc(O)cc1O. The van der Waals surface area contributed by atoms with Crippen molar-refractivity contribution in [2.24, 2.45) is 4.99 Å². The molecule has 3 N–H and O–H groups in total. The van der Waals surface area contributed by atoms with Crippen LogP contribution in [0.25, 0.3) is 10.9 Å². The lowest BCUT2D eigenvalue weighted by Crippen LogP contribution is -2.23. The van der Waals surface area contributed by atoms with Crippen LogP contribution in [0, 0.1) is 0 Å². The Morgan fingerprint density at radius 1 is 1.28 bits per heavy atom. The number of H-pyrrole nitrogens is 1. The molecule has 25 heavy (non-hydrogen) atoms. The summed E-state index contributed by atoms with van der Waals surface area (Å²) in [5, 5.41) is 20.2. The molecule has 0 fully saturated rings. The number of aromatic hydroxyl groups is 2. The number of aromatic nitrogens is 1. The number of phenols is 2. The fraction of sp³-hybridized carbons (Fsp3) is 0.158. The average Bonchev–Trinajstić information content (AvgIpc) is 3.02. The summed E-state index contributed by atoms with van der Waals surface area (Å²) in [6, 6.07) is 11.2. The van der Waals surface area contributed by atoms with Crippen molar-refractivity contribution in [2.45, 2.75) is 12.5 Å². The van der Waals surface area contributed by atoms with Crippen LogP contribution in [-0.2, 0) is 16.0 Å². The number of carbonyl (C=O) groups is 1. The molecular formula is C19H18N2O4. The third-order valence-electron chi connectivity index (χ3n) is 3.97. The maximum atomic E-state index is 12.1. The minimum absolute atomic E-state index is 0.0436. The Kier molecular flexibility index (Phi) is 4.70. The Labute approximate surface area is 144 Å². The standard InChI is InChI=1S/C19H18N2O4/c1-25-19(24)17(21-10-12-6-7-14(22)9-18(12)23)8-13-11-20-16-5-3-2-4-15(13)16/h2-7,9-11,17,20,22-23H,8H2,1H3/t17-/m0/s1. The first kappa shape index (κ1) is 16.6. The summed E-state index contributed by atoms with van der Waals surface area (Å²) < 4.78 is 4.85. The van der Waals surface area contributed by atoms with Crippen LogP contribution in [0.4, 0.5) is 0 Å². The first-order valence-corrected chi connectivity index (χ1v) is 7.76. The van der Waals surface area contributed by atoms with Gasteiger partial charge in [0.1, 0.15) is 11.5 Å². The number of ether oxygens (including phenoxy) is 1. The minimum atomic E-state index is -0.739. The molecule has 6 heteroatoms. The van der Waals surface area contributed by atoms with Gasteiger partial charge in [-0.2, -0.15) is 0 Å². The molecule has 0 aliphatic carbocycles. The van der Waals surface area contributed by atoms with Crippen LogP contribution in [0.2, 0.25) is 0 Å². The van der Waals surface area contributed by atoms with Gasteiger partial charge in [-0.05, 0) is 23.8 Å². The number of esters is 1. The highest BCUT2D eigenvalue weighted by atomic mass is 16.5. The van der Waals surface area contributed by atoms with Crippen molar-refractivity contribution >= 4 is 23.1 Å². The van der Waals surface area contributed by atoms with E-state index in [1.807, 2.05) is 30.5 Å². The second-order valence-corrected chi connectivity index (χ2v) is 5.62. The lowest BCUT2D eigenvalue weighted by molar-refractivity contribution is -0.142. The van der Waals surface area contributed by atoms with E-state index in [2.05, 4.69) is 9.98 Å². The number of aliphatic imine (C=N–C) groups is 1. The number of nitrogens with one attached hydrogen (secondary N) is 1. The molecule has 1 atom stereocenters. The molecule has 0 aliphatic heterocycles. The highest BCUT2D eigenvalue weighted by molar-refractivity contribution is 5.88. The molecule has 3 rings (SSSR count). The molecule has 0 saturated heterocycles. The van der Waals surface area contributed by atoms with Gasteiger partial charge < -0.3 is 19.9 Å². The summed E-state index contributed by atoms with van der Waals surface area (Å²) in [6.45, 7) is 0. The van der Waals surface area contributed by atoms with Gasteiger partial charge >= 0.3 is 5.97 Å². The Morgan fingerprint density at radius 2 is 2.08 bits per heavy atom. The van der Waals surface area contributed by atoms with Crippen LogP contribution in [0.15, 0.2) is 53.7 Å². The Bertz CT molecular complexity index is 930. The van der Waals surface area contributed by atoms with E-state index >= 15 is 0 Å². The van der Waals surface area contributed by atoms with Crippen molar-refractivity contribution in [3.05, 3.63) is 59.8 Å². The number of phenolic OH excluding ortho intramolecular Hbond substituents is 2. The highest BCUT2D eigenvalue weighted by Crippen LogP contribution is 2.22. The van der Waals surface area contributed by atoms with Crippen LogP contribution in [0.1, 0.15) is 11.1 Å². The van der Waals surface area contributed by atoms with Gasteiger partial charge in [0.15, 0.2) is 6.04 Å². The van der Waals surface area contributed by atoms with Gasteiger partial charge in [0.25, 0.3) is 0 Å². The maximum Gasteiger partial charge on any atom is 0.330 e. The normalized spacial score (nSPS) is 12.5. The van der Waals surface area contributed by atoms with E-state index in [4.69, 9.17) is 4.74 Å². The Balaban J connectivity index is 1.87. The molecule has 0 amide bonds. The van der Waals surface area contributed by atoms with Gasteiger partial charge in [0.05, 0.1) is 7.11 Å². The molecule has 1 aromatic heterocycles. The number of para-hydroxylation sites is 1. The Hall–Kier alpha value is -3.28. The summed E-state index contributed by atoms with van der Waals surface area (Å²) in [5.41, 5.74) is 2.35. The molecular weight excluding hydrogens is 320 g/mol. The van der Waals surface area contributed by atoms with E-state index in [1.165, 1.54) is 31.5 Å². The third kappa shape index (κ3) is 3.63. The summed E-state index contributed by atoms with van der Waals surface area (Å²) in [6.07, 6.45) is 3.63. The van der Waals surface area contributed by atoms with Crippen molar-refractivity contribution in [1.29, 1.82) is 0 Å². The molecule has 0 spiro atoms. The third-order valence-corrected chi connectivity index (χ3v) is 3.97. The van der Waals surface area contributed by atoms with E-state index in [0.29, 0.717) is 12.0 Å². The van der Waals surface area contributed by atoms with E-state index < -0.39 is 12.0 Å². The highest BCUT2D eigenvalue weighted by Gasteiger charge is 2.20. The summed E-state index contributed by atoms with van der Waals surface area (Å²) >= 11 is 0. The van der Waals surface area contributed by atoms with Gasteiger partial charge in [0.2, 0.25) is 0 Å².